The summed E-state index contributed by atoms with van der Waals surface area (Å²) in [5.41, 5.74) is 0.575. The zero-order valence-corrected chi connectivity index (χ0v) is 20.7. The van der Waals surface area contributed by atoms with Crippen LogP contribution in [-0.4, -0.2) is 29.6 Å². The number of carbonyl (C=O) groups is 1. The van der Waals surface area contributed by atoms with Crippen molar-refractivity contribution in [1.82, 2.24) is 14.9 Å². The Bertz CT molecular complexity index is 1670. The topological polar surface area (TPSA) is 105 Å². The number of hydrogen-bond donors (Lipinski definition) is 1. The summed E-state index contributed by atoms with van der Waals surface area (Å²) in [6.45, 7) is 1.06. The van der Waals surface area contributed by atoms with E-state index in [1.54, 1.807) is 12.1 Å². The van der Waals surface area contributed by atoms with Crippen LogP contribution in [0.5, 0.6) is 0 Å². The molecule has 0 aliphatic carbocycles. The fourth-order valence-electron chi connectivity index (χ4n) is 3.85. The zero-order valence-electron chi connectivity index (χ0n) is 19.9. The molecule has 0 aliphatic rings. The maximum absolute atomic E-state index is 14.3. The number of halogens is 4. The highest BCUT2D eigenvalue weighted by Crippen LogP contribution is 2.33. The van der Waals surface area contributed by atoms with Crippen LogP contribution >= 0.6 is 0 Å². The summed E-state index contributed by atoms with van der Waals surface area (Å²) in [4.78, 5) is 16.5. The minimum Gasteiger partial charge on any atom is -0.348 e. The van der Waals surface area contributed by atoms with Gasteiger partial charge in [-0.25, -0.2) is 17.8 Å². The number of carbonyl (C=O) groups excluding carboxylic acids is 1. The molecule has 7 nitrogen and oxygen atoms in total. The second-order valence-electron chi connectivity index (χ2n) is 8.37. The van der Waals surface area contributed by atoms with E-state index in [4.69, 9.17) is 5.26 Å². The maximum Gasteiger partial charge on any atom is 0.449 e. The van der Waals surface area contributed by atoms with E-state index in [-0.39, 0.29) is 44.9 Å². The minimum absolute atomic E-state index is 0.0309. The molecule has 0 bridgehead atoms. The first-order valence-electron chi connectivity index (χ1n) is 11.3. The van der Waals surface area contributed by atoms with Gasteiger partial charge in [0.2, 0.25) is 5.82 Å². The van der Waals surface area contributed by atoms with Gasteiger partial charge in [-0.3, -0.25) is 4.79 Å². The number of benzene rings is 3. The smallest absolute Gasteiger partial charge is 0.348 e. The summed E-state index contributed by atoms with van der Waals surface area (Å²) in [6.07, 6.45) is -4.86. The predicted molar refractivity (Wildman–Crippen MR) is 130 cm³/mol. The number of aromatic nitrogens is 2. The fraction of sp³-hybridized carbons (Fsp3) is 0.192. The molecule has 0 aliphatic heterocycles. The van der Waals surface area contributed by atoms with E-state index in [9.17, 15) is 30.8 Å². The highest BCUT2D eigenvalue weighted by atomic mass is 32.2. The van der Waals surface area contributed by atoms with Gasteiger partial charge in [-0.05, 0) is 54.1 Å². The Morgan fingerprint density at radius 2 is 1.79 bits per heavy atom. The number of amides is 1. The number of nitrogens with zero attached hydrogens (tertiary/aromatic N) is 3. The lowest BCUT2D eigenvalue weighted by Crippen LogP contribution is -2.22. The van der Waals surface area contributed by atoms with Gasteiger partial charge >= 0.3 is 6.18 Å². The number of sulfone groups is 1. The lowest BCUT2D eigenvalue weighted by Gasteiger charge is -2.12. The molecule has 38 heavy (non-hydrogen) atoms. The lowest BCUT2D eigenvalue weighted by atomic mass is 10.1. The maximum atomic E-state index is 14.3. The van der Waals surface area contributed by atoms with Crippen LogP contribution in [0, 0.1) is 17.1 Å². The normalized spacial score (nSPS) is 11.9. The largest absolute Gasteiger partial charge is 0.449 e. The number of nitriles is 1. The summed E-state index contributed by atoms with van der Waals surface area (Å²) in [5.74, 6) is -2.66. The van der Waals surface area contributed by atoms with E-state index in [2.05, 4.69) is 10.3 Å². The molecule has 0 unspecified atom stereocenters. The Morgan fingerprint density at radius 1 is 1.08 bits per heavy atom. The SMILES string of the molecule is CCS(=O)(=O)c1ccc(CNC(=O)c2ccc3c(c2)nc(C(F)(F)F)n3Cc2cc(C#N)ccc2F)cc1. The van der Waals surface area contributed by atoms with E-state index in [0.717, 1.165) is 10.6 Å². The molecule has 1 aromatic heterocycles. The summed E-state index contributed by atoms with van der Waals surface area (Å²) in [7, 11) is -3.36. The number of imidazole rings is 1. The van der Waals surface area contributed by atoms with Crippen molar-refractivity contribution in [3.05, 3.63) is 94.6 Å². The monoisotopic (exact) mass is 544 g/mol. The minimum atomic E-state index is -4.86. The van der Waals surface area contributed by atoms with Crippen molar-refractivity contribution in [2.24, 2.45) is 0 Å². The molecule has 0 fully saturated rings. The molecule has 12 heteroatoms. The van der Waals surface area contributed by atoms with Gasteiger partial charge in [-0.1, -0.05) is 19.1 Å². The van der Waals surface area contributed by atoms with Crippen LogP contribution in [0.2, 0.25) is 0 Å². The van der Waals surface area contributed by atoms with Crippen molar-refractivity contribution >= 4 is 26.8 Å². The Balaban J connectivity index is 1.60. The molecule has 3 aromatic carbocycles. The van der Waals surface area contributed by atoms with Gasteiger partial charge in [0.1, 0.15) is 5.82 Å². The molecule has 0 spiro atoms. The molecular weight excluding hydrogens is 524 g/mol. The van der Waals surface area contributed by atoms with Gasteiger partial charge in [0.15, 0.2) is 9.84 Å². The molecule has 4 rings (SSSR count). The highest BCUT2D eigenvalue weighted by molar-refractivity contribution is 7.91. The number of rotatable bonds is 7. The molecular formula is C26H20F4N4O3S. The van der Waals surface area contributed by atoms with Crippen LogP contribution in [0.4, 0.5) is 17.6 Å². The van der Waals surface area contributed by atoms with Crippen LogP contribution in [0.1, 0.15) is 39.8 Å². The quantitative estimate of drug-likeness (QED) is 0.336. The predicted octanol–water partition coefficient (Wildman–Crippen LogP) is 4.84. The van der Waals surface area contributed by atoms with E-state index in [1.165, 1.54) is 49.4 Å². The molecule has 0 radical (unpaired) electrons. The van der Waals surface area contributed by atoms with Gasteiger partial charge in [0.25, 0.3) is 5.91 Å². The van der Waals surface area contributed by atoms with E-state index < -0.39 is 40.1 Å². The number of nitrogens with one attached hydrogen (secondary N) is 1. The van der Waals surface area contributed by atoms with Crippen LogP contribution < -0.4 is 5.32 Å². The molecule has 0 atom stereocenters. The summed E-state index contributed by atoms with van der Waals surface area (Å²) < 4.78 is 80.3. The first-order chi connectivity index (χ1) is 17.9. The van der Waals surface area contributed by atoms with Crippen molar-refractivity contribution in [1.29, 1.82) is 5.26 Å². The second kappa shape index (κ2) is 10.3. The van der Waals surface area contributed by atoms with Crippen molar-refractivity contribution in [3.8, 4) is 6.07 Å². The summed E-state index contributed by atoms with van der Waals surface area (Å²) >= 11 is 0. The zero-order chi connectivity index (χ0) is 27.7. The van der Waals surface area contributed by atoms with Crippen molar-refractivity contribution in [2.75, 3.05) is 5.75 Å². The van der Waals surface area contributed by atoms with Crippen LogP contribution in [0.25, 0.3) is 11.0 Å². The van der Waals surface area contributed by atoms with E-state index in [0.29, 0.717) is 5.56 Å². The van der Waals surface area contributed by atoms with Crippen LogP contribution in [0.3, 0.4) is 0 Å². The second-order valence-corrected chi connectivity index (χ2v) is 10.6. The number of fused-ring (bicyclic) bond motifs is 1. The number of alkyl halides is 3. The van der Waals surface area contributed by atoms with Gasteiger partial charge in [0, 0.05) is 17.7 Å². The van der Waals surface area contributed by atoms with Gasteiger partial charge in [-0.15, -0.1) is 0 Å². The average molecular weight is 545 g/mol. The average Bonchev–Trinajstić information content (AvgIpc) is 3.27. The Kier molecular flexibility index (Phi) is 7.24. The Labute approximate surface area is 215 Å². The third kappa shape index (κ3) is 5.52. The molecule has 4 aromatic rings. The molecule has 0 saturated heterocycles. The third-order valence-electron chi connectivity index (χ3n) is 5.88. The lowest BCUT2D eigenvalue weighted by molar-refractivity contribution is -0.146. The fourth-order valence-corrected chi connectivity index (χ4v) is 4.73. The van der Waals surface area contributed by atoms with Gasteiger partial charge in [-0.2, -0.15) is 18.4 Å². The first-order valence-corrected chi connectivity index (χ1v) is 12.9. The van der Waals surface area contributed by atoms with E-state index >= 15 is 0 Å². The molecule has 1 amide bonds. The molecule has 1 N–H and O–H groups in total. The van der Waals surface area contributed by atoms with Gasteiger partial charge < -0.3 is 9.88 Å². The molecule has 196 valence electrons. The van der Waals surface area contributed by atoms with Crippen LogP contribution in [-0.2, 0) is 29.1 Å². The van der Waals surface area contributed by atoms with Crippen molar-refractivity contribution in [2.45, 2.75) is 31.1 Å². The van der Waals surface area contributed by atoms with Crippen molar-refractivity contribution < 1.29 is 30.8 Å². The van der Waals surface area contributed by atoms with Crippen LogP contribution in [0.15, 0.2) is 65.6 Å². The van der Waals surface area contributed by atoms with E-state index in [1.807, 2.05) is 6.07 Å². The Morgan fingerprint density at radius 3 is 2.42 bits per heavy atom. The molecule has 1 heterocycles. The molecule has 0 saturated carbocycles. The Hall–Kier alpha value is -4.24. The standard InChI is InChI=1S/C26H20F4N4O3S/c1-2-38(36,37)20-7-3-16(4-8-20)14-32-24(35)18-6-10-23-22(12-18)33-25(26(28,29)30)34(23)15-19-11-17(13-31)5-9-21(19)27/h3-12H,2,14-15H2,1H3,(H,32,35). The highest BCUT2D eigenvalue weighted by Gasteiger charge is 2.38. The first kappa shape index (κ1) is 26.8. The van der Waals surface area contributed by atoms with Gasteiger partial charge in [0.05, 0.1) is 39.9 Å². The summed E-state index contributed by atoms with van der Waals surface area (Å²) in [5, 5.41) is 11.7. The van der Waals surface area contributed by atoms with Crippen molar-refractivity contribution in [3.63, 3.8) is 0 Å². The summed E-state index contributed by atoms with van der Waals surface area (Å²) in [6, 6.07) is 15.1. The number of hydrogen-bond acceptors (Lipinski definition) is 5. The third-order valence-corrected chi connectivity index (χ3v) is 7.63.